The number of methoxy groups -OCH3 is 1. The molecule has 0 saturated heterocycles. The topological polar surface area (TPSA) is 38.5 Å². The molecule has 1 aromatic heterocycles. The number of fused-ring (bicyclic) bond motifs is 1. The molecule has 146 valence electrons. The van der Waals surface area contributed by atoms with Crippen molar-refractivity contribution in [3.63, 3.8) is 0 Å². The van der Waals surface area contributed by atoms with Crippen molar-refractivity contribution in [3.8, 4) is 5.75 Å². The van der Waals surface area contributed by atoms with Crippen LogP contribution in [-0.4, -0.2) is 17.9 Å². The Morgan fingerprint density at radius 3 is 2.59 bits per heavy atom. The summed E-state index contributed by atoms with van der Waals surface area (Å²) in [5.74, 6) is 0.862. The van der Waals surface area contributed by atoms with Gasteiger partial charge in [0, 0.05) is 39.2 Å². The van der Waals surface area contributed by atoms with Crippen molar-refractivity contribution >= 4 is 33.0 Å². The summed E-state index contributed by atoms with van der Waals surface area (Å²) in [4.78, 5) is 0. The van der Waals surface area contributed by atoms with E-state index in [4.69, 9.17) is 4.74 Å². The molecular weight excluding hydrogens is 426 g/mol. The molecule has 29 heavy (non-hydrogen) atoms. The monoisotopic (exact) mass is 447 g/mol. The largest absolute Gasteiger partial charge is 0.496 e. The highest BCUT2D eigenvalue weighted by Gasteiger charge is 2.07. The van der Waals surface area contributed by atoms with Crippen LogP contribution in [0.5, 0.6) is 5.75 Å². The highest BCUT2D eigenvalue weighted by atomic mass is 79.9. The van der Waals surface area contributed by atoms with Crippen molar-refractivity contribution in [3.05, 3.63) is 100 Å². The van der Waals surface area contributed by atoms with Crippen molar-refractivity contribution in [1.29, 1.82) is 0 Å². The van der Waals surface area contributed by atoms with Gasteiger partial charge in [0.25, 0.3) is 0 Å². The number of benzene rings is 3. The molecular formula is C24H22BrN3O. The third-order valence-corrected chi connectivity index (χ3v) is 5.37. The van der Waals surface area contributed by atoms with Gasteiger partial charge in [-0.1, -0.05) is 64.5 Å². The first-order valence-corrected chi connectivity index (χ1v) is 10.2. The molecule has 0 atom stereocenters. The second-order valence-corrected chi connectivity index (χ2v) is 7.68. The van der Waals surface area contributed by atoms with E-state index in [9.17, 15) is 0 Å². The Bertz CT molecular complexity index is 1130. The molecule has 0 aliphatic rings. The first-order chi connectivity index (χ1) is 14.2. The number of hydrogen-bond donors (Lipinski definition) is 1. The predicted octanol–water partition coefficient (Wildman–Crippen LogP) is 5.58. The van der Waals surface area contributed by atoms with E-state index < -0.39 is 0 Å². The quantitative estimate of drug-likeness (QED) is 0.296. The summed E-state index contributed by atoms with van der Waals surface area (Å²) in [6.07, 6.45) is 4.04. The second kappa shape index (κ2) is 8.97. The lowest BCUT2D eigenvalue weighted by molar-refractivity contribution is 0.408. The lowest BCUT2D eigenvalue weighted by Gasteiger charge is -2.07. The minimum absolute atomic E-state index is 0.609. The summed E-state index contributed by atoms with van der Waals surface area (Å²) in [5.41, 5.74) is 7.74. The van der Waals surface area contributed by atoms with Crippen LogP contribution in [0.3, 0.4) is 0 Å². The summed E-state index contributed by atoms with van der Waals surface area (Å²) in [5, 5.41) is 5.63. The van der Waals surface area contributed by atoms with Gasteiger partial charge in [0.05, 0.1) is 19.9 Å². The number of nitrogens with one attached hydrogen (secondary N) is 1. The Hall–Kier alpha value is -3.05. The fraction of sp³-hybridized carbons (Fsp3) is 0.125. The highest BCUT2D eigenvalue weighted by molar-refractivity contribution is 9.10. The summed E-state index contributed by atoms with van der Waals surface area (Å²) < 4.78 is 8.74. The van der Waals surface area contributed by atoms with Gasteiger partial charge in [0.15, 0.2) is 0 Å². The van der Waals surface area contributed by atoms with Crippen LogP contribution >= 0.6 is 15.9 Å². The van der Waals surface area contributed by atoms with Gasteiger partial charge in [-0.05, 0) is 29.8 Å². The standard InChI is InChI=1S/C24H22BrN3O/c1-29-24-9-5-2-6-19(24)14-26-27-15-20-17-28(23-8-4-3-7-22(20)23)16-18-10-12-21(25)13-11-18/h2-13,15,17,26H,14,16H2,1H3/b27-15-. The molecule has 0 spiro atoms. The number of nitrogens with zero attached hydrogens (tertiary/aromatic N) is 2. The Morgan fingerprint density at radius 1 is 1.00 bits per heavy atom. The van der Waals surface area contributed by atoms with E-state index >= 15 is 0 Å². The first kappa shape index (κ1) is 19.3. The molecule has 0 radical (unpaired) electrons. The molecule has 0 amide bonds. The van der Waals surface area contributed by atoms with Crippen LogP contribution < -0.4 is 10.2 Å². The molecule has 4 nitrogen and oxygen atoms in total. The lowest BCUT2D eigenvalue weighted by atomic mass is 10.2. The number of hydrogen-bond acceptors (Lipinski definition) is 3. The van der Waals surface area contributed by atoms with E-state index in [0.29, 0.717) is 6.54 Å². The maximum atomic E-state index is 5.39. The third kappa shape index (κ3) is 4.51. The maximum absolute atomic E-state index is 5.39. The highest BCUT2D eigenvalue weighted by Crippen LogP contribution is 2.22. The van der Waals surface area contributed by atoms with Gasteiger partial charge in [0.1, 0.15) is 5.75 Å². The number of aromatic nitrogens is 1. The molecule has 0 unspecified atom stereocenters. The van der Waals surface area contributed by atoms with E-state index in [0.717, 1.165) is 27.9 Å². The van der Waals surface area contributed by atoms with Gasteiger partial charge in [-0.15, -0.1) is 0 Å². The molecule has 5 heteroatoms. The summed E-state index contributed by atoms with van der Waals surface area (Å²) >= 11 is 3.50. The van der Waals surface area contributed by atoms with Gasteiger partial charge in [-0.3, -0.25) is 0 Å². The number of para-hydroxylation sites is 2. The van der Waals surface area contributed by atoms with Gasteiger partial charge in [-0.2, -0.15) is 5.10 Å². The average Bonchev–Trinajstić information content (AvgIpc) is 3.10. The van der Waals surface area contributed by atoms with Gasteiger partial charge >= 0.3 is 0 Å². The second-order valence-electron chi connectivity index (χ2n) is 6.76. The molecule has 0 aliphatic carbocycles. The average molecular weight is 448 g/mol. The van der Waals surface area contributed by atoms with Crippen molar-refractivity contribution in [2.45, 2.75) is 13.1 Å². The zero-order valence-electron chi connectivity index (χ0n) is 16.2. The third-order valence-electron chi connectivity index (χ3n) is 4.84. The summed E-state index contributed by atoms with van der Waals surface area (Å²) in [6, 6.07) is 24.8. The predicted molar refractivity (Wildman–Crippen MR) is 123 cm³/mol. The number of halogens is 1. The molecule has 0 fully saturated rings. The number of rotatable bonds is 7. The smallest absolute Gasteiger partial charge is 0.123 e. The van der Waals surface area contributed by atoms with Gasteiger partial charge in [0.2, 0.25) is 0 Å². The fourth-order valence-corrected chi connectivity index (χ4v) is 3.65. The van der Waals surface area contributed by atoms with Crippen LogP contribution in [0.25, 0.3) is 10.9 Å². The lowest BCUT2D eigenvalue weighted by Crippen LogP contribution is -2.06. The van der Waals surface area contributed by atoms with Crippen molar-refractivity contribution in [2.75, 3.05) is 7.11 Å². The Labute approximate surface area is 179 Å². The molecule has 1 N–H and O–H groups in total. The molecule has 3 aromatic carbocycles. The van der Waals surface area contributed by atoms with E-state index in [1.807, 2.05) is 30.5 Å². The number of hydrazone groups is 1. The van der Waals surface area contributed by atoms with Crippen LogP contribution in [0.2, 0.25) is 0 Å². The fourth-order valence-electron chi connectivity index (χ4n) is 3.39. The number of ether oxygens (including phenoxy) is 1. The molecule has 4 rings (SSSR count). The van der Waals surface area contributed by atoms with Gasteiger partial charge < -0.3 is 14.7 Å². The SMILES string of the molecule is COc1ccccc1CN/N=C\c1cn(Cc2ccc(Br)cc2)c2ccccc12. The van der Waals surface area contributed by atoms with Crippen LogP contribution in [0, 0.1) is 0 Å². The first-order valence-electron chi connectivity index (χ1n) is 9.45. The minimum atomic E-state index is 0.609. The zero-order valence-corrected chi connectivity index (χ0v) is 17.8. The Kier molecular flexibility index (Phi) is 5.96. The van der Waals surface area contributed by atoms with Crippen LogP contribution in [0.1, 0.15) is 16.7 Å². The van der Waals surface area contributed by atoms with Crippen molar-refractivity contribution in [1.82, 2.24) is 9.99 Å². The zero-order chi connectivity index (χ0) is 20.1. The Morgan fingerprint density at radius 2 is 1.76 bits per heavy atom. The van der Waals surface area contributed by atoms with E-state index in [1.54, 1.807) is 7.11 Å². The molecule has 0 bridgehead atoms. The van der Waals surface area contributed by atoms with Crippen molar-refractivity contribution in [2.24, 2.45) is 5.10 Å². The van der Waals surface area contributed by atoms with E-state index in [1.165, 1.54) is 16.5 Å². The van der Waals surface area contributed by atoms with E-state index in [-0.39, 0.29) is 0 Å². The summed E-state index contributed by atoms with van der Waals surface area (Å²) in [6.45, 7) is 1.42. The summed E-state index contributed by atoms with van der Waals surface area (Å²) in [7, 11) is 1.68. The van der Waals surface area contributed by atoms with Gasteiger partial charge in [-0.25, -0.2) is 0 Å². The minimum Gasteiger partial charge on any atom is -0.496 e. The Balaban J connectivity index is 1.53. The normalized spacial score (nSPS) is 11.2. The van der Waals surface area contributed by atoms with Crippen LogP contribution in [0.15, 0.2) is 88.6 Å². The molecule has 0 aliphatic heterocycles. The van der Waals surface area contributed by atoms with Crippen molar-refractivity contribution < 1.29 is 4.74 Å². The molecule has 1 heterocycles. The maximum Gasteiger partial charge on any atom is 0.123 e. The van der Waals surface area contributed by atoms with E-state index in [2.05, 4.69) is 85.8 Å². The molecule has 4 aromatic rings. The van der Waals surface area contributed by atoms with Crippen LogP contribution in [-0.2, 0) is 13.1 Å². The molecule has 0 saturated carbocycles. The van der Waals surface area contributed by atoms with Crippen LogP contribution in [0.4, 0.5) is 0 Å².